The number of halogens is 1. The normalized spacial score (nSPS) is 19.0. The Hall–Kier alpha value is -1.52. The number of hydrogen-bond acceptors (Lipinski definition) is 2. The lowest BCUT2D eigenvalue weighted by molar-refractivity contribution is 0.0942. The molecule has 1 saturated heterocycles. The molecule has 1 aromatic carbocycles. The van der Waals surface area contributed by atoms with Crippen molar-refractivity contribution in [3.63, 3.8) is 0 Å². The molecule has 2 heterocycles. The highest BCUT2D eigenvalue weighted by Crippen LogP contribution is 2.25. The van der Waals surface area contributed by atoms with Gasteiger partial charge in [-0.2, -0.15) is 0 Å². The predicted octanol–water partition coefficient (Wildman–Crippen LogP) is 3.34. The Bertz CT molecular complexity index is 695. The lowest BCUT2D eigenvalue weighted by Gasteiger charge is -2.22. The Morgan fingerprint density at radius 3 is 3.09 bits per heavy atom. The standard InChI is InChI=1S/C17H22ClN3O/c1-3-21-8-4-5-13(21)10-19-17(22)16-11(2)20-15-7-6-12(18)9-14(15)16/h6-7,9,13,20H,3-5,8,10H2,1-2H3,(H,19,22). The minimum Gasteiger partial charge on any atom is -0.358 e. The van der Waals surface area contributed by atoms with E-state index in [1.807, 2.05) is 25.1 Å². The molecule has 5 heteroatoms. The fourth-order valence-electron chi connectivity index (χ4n) is 3.43. The van der Waals surface area contributed by atoms with E-state index in [1.165, 1.54) is 6.42 Å². The highest BCUT2D eigenvalue weighted by molar-refractivity contribution is 6.31. The number of likely N-dealkylation sites (N-methyl/N-ethyl adjacent to an activating group) is 1. The van der Waals surface area contributed by atoms with Crippen molar-refractivity contribution in [1.29, 1.82) is 0 Å². The first kappa shape index (κ1) is 15.4. The fourth-order valence-corrected chi connectivity index (χ4v) is 3.61. The number of fused-ring (bicyclic) bond motifs is 1. The number of benzene rings is 1. The number of rotatable bonds is 4. The molecule has 1 unspecified atom stereocenters. The zero-order chi connectivity index (χ0) is 15.7. The molecule has 0 bridgehead atoms. The zero-order valence-corrected chi connectivity index (χ0v) is 13.8. The third-order valence-corrected chi connectivity index (χ3v) is 4.81. The van der Waals surface area contributed by atoms with Gasteiger partial charge in [0.15, 0.2) is 0 Å². The molecule has 1 fully saturated rings. The maximum atomic E-state index is 12.6. The highest BCUT2D eigenvalue weighted by atomic mass is 35.5. The van der Waals surface area contributed by atoms with Gasteiger partial charge in [-0.25, -0.2) is 0 Å². The molecule has 0 saturated carbocycles. The van der Waals surface area contributed by atoms with E-state index in [4.69, 9.17) is 11.6 Å². The van der Waals surface area contributed by atoms with Crippen molar-refractivity contribution >= 4 is 28.4 Å². The Morgan fingerprint density at radius 2 is 2.32 bits per heavy atom. The van der Waals surface area contributed by atoms with Gasteiger partial charge in [0.1, 0.15) is 0 Å². The van der Waals surface area contributed by atoms with Gasteiger partial charge in [-0.15, -0.1) is 0 Å². The van der Waals surface area contributed by atoms with Crippen LogP contribution in [0.5, 0.6) is 0 Å². The molecule has 118 valence electrons. The number of carbonyl (C=O) groups is 1. The second kappa shape index (κ2) is 6.31. The van der Waals surface area contributed by atoms with Crippen LogP contribution in [0.1, 0.15) is 35.8 Å². The maximum absolute atomic E-state index is 12.6. The van der Waals surface area contributed by atoms with E-state index >= 15 is 0 Å². The SMILES string of the molecule is CCN1CCCC1CNC(=O)c1c(C)[nH]c2ccc(Cl)cc12. The predicted molar refractivity (Wildman–Crippen MR) is 90.6 cm³/mol. The average Bonchev–Trinajstić information content (AvgIpc) is 3.07. The number of nitrogens with zero attached hydrogens (tertiary/aromatic N) is 1. The molecule has 1 amide bonds. The van der Waals surface area contributed by atoms with Crippen molar-refractivity contribution in [2.45, 2.75) is 32.7 Å². The molecule has 1 aliphatic rings. The van der Waals surface area contributed by atoms with Gasteiger partial charge in [0.25, 0.3) is 5.91 Å². The van der Waals surface area contributed by atoms with E-state index in [0.717, 1.165) is 36.1 Å². The fraction of sp³-hybridized carbons (Fsp3) is 0.471. The topological polar surface area (TPSA) is 48.1 Å². The van der Waals surface area contributed by atoms with E-state index in [0.29, 0.717) is 23.2 Å². The summed E-state index contributed by atoms with van der Waals surface area (Å²) < 4.78 is 0. The molecule has 1 aromatic heterocycles. The molecule has 0 aliphatic carbocycles. The Labute approximate surface area is 135 Å². The first-order valence-corrected chi connectivity index (χ1v) is 8.28. The van der Waals surface area contributed by atoms with Gasteiger partial charge in [-0.3, -0.25) is 9.69 Å². The summed E-state index contributed by atoms with van der Waals surface area (Å²) in [5.41, 5.74) is 2.54. The number of amides is 1. The van der Waals surface area contributed by atoms with Crippen LogP contribution in [-0.4, -0.2) is 41.5 Å². The summed E-state index contributed by atoms with van der Waals surface area (Å²) in [6, 6.07) is 6.06. The monoisotopic (exact) mass is 319 g/mol. The summed E-state index contributed by atoms with van der Waals surface area (Å²) in [6.45, 7) is 6.99. The van der Waals surface area contributed by atoms with Crippen molar-refractivity contribution < 1.29 is 4.79 Å². The van der Waals surface area contributed by atoms with Gasteiger partial charge >= 0.3 is 0 Å². The molecule has 0 radical (unpaired) electrons. The number of aromatic nitrogens is 1. The Balaban J connectivity index is 1.77. The van der Waals surface area contributed by atoms with Gasteiger partial charge in [-0.05, 0) is 51.1 Å². The second-order valence-electron chi connectivity index (χ2n) is 5.95. The Morgan fingerprint density at radius 1 is 1.50 bits per heavy atom. The smallest absolute Gasteiger partial charge is 0.253 e. The number of nitrogens with one attached hydrogen (secondary N) is 2. The highest BCUT2D eigenvalue weighted by Gasteiger charge is 2.24. The van der Waals surface area contributed by atoms with E-state index in [-0.39, 0.29) is 5.91 Å². The van der Waals surface area contributed by atoms with Crippen LogP contribution in [0.3, 0.4) is 0 Å². The van der Waals surface area contributed by atoms with Gasteiger partial charge in [0.2, 0.25) is 0 Å². The van der Waals surface area contributed by atoms with E-state index in [2.05, 4.69) is 22.1 Å². The summed E-state index contributed by atoms with van der Waals surface area (Å²) in [5, 5.41) is 4.64. The van der Waals surface area contributed by atoms with E-state index < -0.39 is 0 Å². The summed E-state index contributed by atoms with van der Waals surface area (Å²) in [5.74, 6) is -0.0195. The van der Waals surface area contributed by atoms with Crippen LogP contribution >= 0.6 is 11.6 Å². The number of H-pyrrole nitrogens is 1. The van der Waals surface area contributed by atoms with Crippen LogP contribution in [0.4, 0.5) is 0 Å². The van der Waals surface area contributed by atoms with Crippen molar-refractivity contribution in [3.8, 4) is 0 Å². The number of hydrogen-bond donors (Lipinski definition) is 2. The van der Waals surface area contributed by atoms with Crippen molar-refractivity contribution in [1.82, 2.24) is 15.2 Å². The molecule has 4 nitrogen and oxygen atoms in total. The summed E-state index contributed by atoms with van der Waals surface area (Å²) in [4.78, 5) is 18.3. The average molecular weight is 320 g/mol. The zero-order valence-electron chi connectivity index (χ0n) is 13.1. The maximum Gasteiger partial charge on any atom is 0.253 e. The van der Waals surface area contributed by atoms with Crippen LogP contribution in [0, 0.1) is 6.92 Å². The quantitative estimate of drug-likeness (QED) is 0.908. The molecular formula is C17H22ClN3O. The number of aromatic amines is 1. The number of carbonyl (C=O) groups excluding carboxylic acids is 1. The first-order valence-electron chi connectivity index (χ1n) is 7.90. The van der Waals surface area contributed by atoms with Crippen molar-refractivity contribution in [2.24, 2.45) is 0 Å². The van der Waals surface area contributed by atoms with Gasteiger partial charge < -0.3 is 10.3 Å². The molecule has 0 spiro atoms. The van der Waals surface area contributed by atoms with Crippen LogP contribution < -0.4 is 5.32 Å². The number of likely N-dealkylation sites (tertiary alicyclic amines) is 1. The minimum atomic E-state index is -0.0195. The summed E-state index contributed by atoms with van der Waals surface area (Å²) in [7, 11) is 0. The van der Waals surface area contributed by atoms with E-state index in [1.54, 1.807) is 0 Å². The van der Waals surface area contributed by atoms with Crippen LogP contribution in [-0.2, 0) is 0 Å². The molecule has 2 aromatic rings. The second-order valence-corrected chi connectivity index (χ2v) is 6.39. The lowest BCUT2D eigenvalue weighted by Crippen LogP contribution is -2.40. The Kier molecular flexibility index (Phi) is 4.41. The molecule has 1 aliphatic heterocycles. The molecule has 1 atom stereocenters. The number of aryl methyl sites for hydroxylation is 1. The third kappa shape index (κ3) is 2.85. The van der Waals surface area contributed by atoms with Gasteiger partial charge in [-0.1, -0.05) is 18.5 Å². The first-order chi connectivity index (χ1) is 10.6. The summed E-state index contributed by atoms with van der Waals surface area (Å²) in [6.07, 6.45) is 2.38. The summed E-state index contributed by atoms with van der Waals surface area (Å²) >= 11 is 6.07. The van der Waals surface area contributed by atoms with Gasteiger partial charge in [0, 0.05) is 34.2 Å². The van der Waals surface area contributed by atoms with Crippen LogP contribution in [0.15, 0.2) is 18.2 Å². The largest absolute Gasteiger partial charge is 0.358 e. The third-order valence-electron chi connectivity index (χ3n) is 4.58. The van der Waals surface area contributed by atoms with Crippen molar-refractivity contribution in [2.75, 3.05) is 19.6 Å². The van der Waals surface area contributed by atoms with Crippen molar-refractivity contribution in [3.05, 3.63) is 34.5 Å². The molecule has 2 N–H and O–H groups in total. The van der Waals surface area contributed by atoms with Crippen LogP contribution in [0.2, 0.25) is 5.02 Å². The van der Waals surface area contributed by atoms with Crippen LogP contribution in [0.25, 0.3) is 10.9 Å². The molecule has 3 rings (SSSR count). The van der Waals surface area contributed by atoms with Gasteiger partial charge in [0.05, 0.1) is 5.56 Å². The van der Waals surface area contributed by atoms with E-state index in [9.17, 15) is 4.79 Å². The minimum absolute atomic E-state index is 0.0195. The lowest BCUT2D eigenvalue weighted by atomic mass is 10.1. The molecule has 22 heavy (non-hydrogen) atoms. The molecular weight excluding hydrogens is 298 g/mol.